The Hall–Kier alpha value is -0.360. The quantitative estimate of drug-likeness (QED) is 0.884. The number of aromatic nitrogens is 1. The van der Waals surface area contributed by atoms with Crippen LogP contribution in [0, 0.1) is 11.8 Å². The summed E-state index contributed by atoms with van der Waals surface area (Å²) in [4.78, 5) is 18.8. The fraction of sp³-hybridized carbons (Fsp3) is 0.714. The Balaban J connectivity index is 0.00000200. The van der Waals surface area contributed by atoms with Gasteiger partial charge < -0.3 is 10.2 Å². The van der Waals surface area contributed by atoms with Gasteiger partial charge in [0.25, 0.3) is 5.91 Å². The van der Waals surface area contributed by atoms with Crippen molar-refractivity contribution in [1.29, 1.82) is 0 Å². The molecule has 0 bridgehead atoms. The Kier molecular flexibility index (Phi) is 9.45. The summed E-state index contributed by atoms with van der Waals surface area (Å²) < 4.78 is 0. The number of likely N-dealkylation sites (tertiary alicyclic amines) is 1. The lowest BCUT2D eigenvalue weighted by atomic mass is 10.1. The average molecular weight is 354 g/mol. The Morgan fingerprint density at radius 2 is 2.24 bits per heavy atom. The van der Waals surface area contributed by atoms with Crippen molar-refractivity contribution < 1.29 is 4.79 Å². The second-order valence-electron chi connectivity index (χ2n) is 5.69. The van der Waals surface area contributed by atoms with Gasteiger partial charge in [-0.15, -0.1) is 36.2 Å². The standard InChI is InChI=1S/C14H23N3OS.2ClH/c1-10(2)6-13-16-12(9-19-13)14(18)17-5-4-11(8-17)7-15-3;;/h9-11,15H,4-8H2,1-3H3;2*1H. The number of carbonyl (C=O) groups excluding carboxylic acids is 1. The molecule has 0 saturated carbocycles. The van der Waals surface area contributed by atoms with E-state index in [0.717, 1.165) is 37.5 Å². The lowest BCUT2D eigenvalue weighted by Crippen LogP contribution is -2.30. The van der Waals surface area contributed by atoms with Gasteiger partial charge >= 0.3 is 0 Å². The van der Waals surface area contributed by atoms with Crippen molar-refractivity contribution in [2.24, 2.45) is 11.8 Å². The highest BCUT2D eigenvalue weighted by Gasteiger charge is 2.27. The normalized spacial score (nSPS) is 17.5. The molecule has 1 aliphatic rings. The highest BCUT2D eigenvalue weighted by Crippen LogP contribution is 2.20. The van der Waals surface area contributed by atoms with E-state index in [1.165, 1.54) is 0 Å². The lowest BCUT2D eigenvalue weighted by Gasteiger charge is -2.15. The molecule has 1 amide bonds. The summed E-state index contributed by atoms with van der Waals surface area (Å²) in [6.45, 7) is 7.05. The third-order valence-electron chi connectivity index (χ3n) is 3.42. The largest absolute Gasteiger partial charge is 0.337 e. The van der Waals surface area contributed by atoms with Crippen LogP contribution in [0.3, 0.4) is 0 Å². The summed E-state index contributed by atoms with van der Waals surface area (Å²) in [7, 11) is 1.96. The molecular formula is C14H25Cl2N3OS. The third-order valence-corrected chi connectivity index (χ3v) is 4.29. The van der Waals surface area contributed by atoms with Gasteiger partial charge in [-0.05, 0) is 31.8 Å². The highest BCUT2D eigenvalue weighted by molar-refractivity contribution is 7.09. The first-order chi connectivity index (χ1) is 9.10. The van der Waals surface area contributed by atoms with Crippen LogP contribution in [0.4, 0.5) is 0 Å². The summed E-state index contributed by atoms with van der Waals surface area (Å²) in [6, 6.07) is 0. The van der Waals surface area contributed by atoms with Crippen molar-refractivity contribution in [2.45, 2.75) is 26.7 Å². The van der Waals surface area contributed by atoms with E-state index in [2.05, 4.69) is 24.1 Å². The molecule has 0 aromatic carbocycles. The number of thiazole rings is 1. The summed E-state index contributed by atoms with van der Waals surface area (Å²) in [5.74, 6) is 1.27. The maximum Gasteiger partial charge on any atom is 0.273 e. The zero-order chi connectivity index (χ0) is 13.8. The summed E-state index contributed by atoms with van der Waals surface area (Å²) in [6.07, 6.45) is 2.05. The van der Waals surface area contributed by atoms with Gasteiger partial charge in [0.1, 0.15) is 5.69 Å². The molecule has 1 aromatic heterocycles. The molecule has 21 heavy (non-hydrogen) atoms. The fourth-order valence-electron chi connectivity index (χ4n) is 2.49. The minimum atomic E-state index is 0. The molecule has 7 heteroatoms. The van der Waals surface area contributed by atoms with Crippen LogP contribution in [-0.2, 0) is 6.42 Å². The van der Waals surface area contributed by atoms with E-state index in [-0.39, 0.29) is 30.7 Å². The fourth-order valence-corrected chi connectivity index (χ4v) is 3.47. The minimum absolute atomic E-state index is 0. The Bertz CT molecular complexity index is 440. The van der Waals surface area contributed by atoms with E-state index < -0.39 is 0 Å². The second kappa shape index (κ2) is 9.62. The first kappa shape index (κ1) is 20.6. The molecular weight excluding hydrogens is 329 g/mol. The molecule has 0 radical (unpaired) electrons. The maximum atomic E-state index is 12.3. The Labute approximate surface area is 143 Å². The van der Waals surface area contributed by atoms with E-state index in [1.54, 1.807) is 11.3 Å². The molecule has 1 atom stereocenters. The number of hydrogen-bond acceptors (Lipinski definition) is 4. The molecule has 0 spiro atoms. The number of hydrogen-bond donors (Lipinski definition) is 1. The van der Waals surface area contributed by atoms with Crippen LogP contribution < -0.4 is 5.32 Å². The summed E-state index contributed by atoms with van der Waals surface area (Å²) >= 11 is 1.61. The molecule has 1 aromatic rings. The molecule has 1 aliphatic heterocycles. The molecule has 0 aliphatic carbocycles. The van der Waals surface area contributed by atoms with Gasteiger partial charge in [0.05, 0.1) is 5.01 Å². The van der Waals surface area contributed by atoms with Gasteiger partial charge in [-0.2, -0.15) is 0 Å². The van der Waals surface area contributed by atoms with Crippen molar-refractivity contribution in [1.82, 2.24) is 15.2 Å². The maximum absolute atomic E-state index is 12.3. The number of amides is 1. The Morgan fingerprint density at radius 3 is 2.86 bits per heavy atom. The van der Waals surface area contributed by atoms with Gasteiger partial charge in [-0.3, -0.25) is 4.79 Å². The van der Waals surface area contributed by atoms with Crippen LogP contribution in [0.2, 0.25) is 0 Å². The van der Waals surface area contributed by atoms with Crippen molar-refractivity contribution in [2.75, 3.05) is 26.7 Å². The van der Waals surface area contributed by atoms with Crippen LogP contribution in [-0.4, -0.2) is 42.5 Å². The number of rotatable bonds is 5. The van der Waals surface area contributed by atoms with E-state index in [4.69, 9.17) is 0 Å². The van der Waals surface area contributed by atoms with Crippen molar-refractivity contribution >= 4 is 42.1 Å². The monoisotopic (exact) mass is 353 g/mol. The molecule has 1 saturated heterocycles. The Morgan fingerprint density at radius 1 is 1.52 bits per heavy atom. The number of nitrogens with zero attached hydrogens (tertiary/aromatic N) is 2. The number of halogens is 2. The van der Waals surface area contributed by atoms with Gasteiger partial charge in [-0.25, -0.2) is 4.98 Å². The smallest absolute Gasteiger partial charge is 0.273 e. The first-order valence-corrected chi connectivity index (χ1v) is 7.86. The number of nitrogens with one attached hydrogen (secondary N) is 1. The molecule has 4 nitrogen and oxygen atoms in total. The SMILES string of the molecule is CNCC1CCN(C(=O)c2csc(CC(C)C)n2)C1.Cl.Cl. The zero-order valence-corrected chi connectivity index (χ0v) is 15.2. The highest BCUT2D eigenvalue weighted by atomic mass is 35.5. The van der Waals surface area contributed by atoms with Gasteiger partial charge in [-0.1, -0.05) is 13.8 Å². The van der Waals surface area contributed by atoms with Gasteiger partial charge in [0.2, 0.25) is 0 Å². The van der Waals surface area contributed by atoms with Crippen LogP contribution in [0.25, 0.3) is 0 Å². The third kappa shape index (κ3) is 5.74. The lowest BCUT2D eigenvalue weighted by molar-refractivity contribution is 0.0782. The van der Waals surface area contributed by atoms with E-state index >= 15 is 0 Å². The molecule has 1 fully saturated rings. The van der Waals surface area contributed by atoms with Crippen LogP contribution in [0.1, 0.15) is 35.8 Å². The van der Waals surface area contributed by atoms with E-state index in [0.29, 0.717) is 17.5 Å². The average Bonchev–Trinajstić information content (AvgIpc) is 2.97. The van der Waals surface area contributed by atoms with Crippen molar-refractivity contribution in [3.8, 4) is 0 Å². The van der Waals surface area contributed by atoms with Crippen LogP contribution >= 0.6 is 36.2 Å². The topological polar surface area (TPSA) is 45.2 Å². The zero-order valence-electron chi connectivity index (χ0n) is 12.8. The molecule has 1 N–H and O–H groups in total. The predicted octanol–water partition coefficient (Wildman–Crippen LogP) is 2.87. The molecule has 122 valence electrons. The van der Waals surface area contributed by atoms with Crippen LogP contribution in [0.15, 0.2) is 5.38 Å². The summed E-state index contributed by atoms with van der Waals surface area (Å²) in [5, 5.41) is 6.16. The second-order valence-corrected chi connectivity index (χ2v) is 6.63. The molecule has 2 rings (SSSR count). The van der Waals surface area contributed by atoms with Gasteiger partial charge in [0.15, 0.2) is 0 Å². The predicted molar refractivity (Wildman–Crippen MR) is 93.1 cm³/mol. The number of carbonyl (C=O) groups is 1. The first-order valence-electron chi connectivity index (χ1n) is 6.98. The van der Waals surface area contributed by atoms with Gasteiger partial charge in [0, 0.05) is 24.9 Å². The molecule has 1 unspecified atom stereocenters. The van der Waals surface area contributed by atoms with Crippen LogP contribution in [0.5, 0.6) is 0 Å². The van der Waals surface area contributed by atoms with E-state index in [1.807, 2.05) is 17.3 Å². The minimum Gasteiger partial charge on any atom is -0.337 e. The van der Waals surface area contributed by atoms with Crippen molar-refractivity contribution in [3.63, 3.8) is 0 Å². The molecule has 2 heterocycles. The van der Waals surface area contributed by atoms with E-state index in [9.17, 15) is 4.79 Å². The van der Waals surface area contributed by atoms with Crippen molar-refractivity contribution in [3.05, 3.63) is 16.1 Å². The summed E-state index contributed by atoms with van der Waals surface area (Å²) in [5.41, 5.74) is 0.630.